The van der Waals surface area contributed by atoms with Crippen LogP contribution in [0.15, 0.2) is 60.9 Å². The molecule has 3 atom stereocenters. The maximum Gasteiger partial charge on any atom is 0.248 e. The third-order valence-corrected chi connectivity index (χ3v) is 12.3. The standard InChI is InChI=1S/C46H57F3N4O3/c1-28(2)43(54)34-25-50-44(51-26-34)53-21-17-33(18-22-53)42-40(41(47)32-11-7-29(3)8-12-32)38(31-15-19-46(48,49)20-16-31)39-36(52-42)23-45(4,5)24-37(39)56-27-30-9-13-35(55-6)14-10-30/h7-14,25-26,28,31,33,37,41,43,54H,15-24,27H2,1-6H3/t37-,41-,43?/m0/s1. The highest BCUT2D eigenvalue weighted by Gasteiger charge is 2.44. The monoisotopic (exact) mass is 770 g/mol. The molecular weight excluding hydrogens is 714 g/mol. The first-order chi connectivity index (χ1) is 26.7. The number of aryl methyl sites for hydroxylation is 1. The summed E-state index contributed by atoms with van der Waals surface area (Å²) in [5.74, 6) is -1.61. The van der Waals surface area contributed by atoms with Gasteiger partial charge in [-0.2, -0.15) is 0 Å². The summed E-state index contributed by atoms with van der Waals surface area (Å²) >= 11 is 0. The molecule has 10 heteroatoms. The van der Waals surface area contributed by atoms with Gasteiger partial charge in [-0.1, -0.05) is 69.7 Å². The Labute approximate surface area is 330 Å². The smallest absolute Gasteiger partial charge is 0.248 e. The average molecular weight is 771 g/mol. The van der Waals surface area contributed by atoms with Crippen LogP contribution in [-0.2, 0) is 17.8 Å². The Morgan fingerprint density at radius 3 is 2.12 bits per heavy atom. The number of anilines is 1. The highest BCUT2D eigenvalue weighted by Crippen LogP contribution is 2.53. The lowest BCUT2D eigenvalue weighted by Gasteiger charge is -2.42. The van der Waals surface area contributed by atoms with Crippen molar-refractivity contribution in [3.63, 3.8) is 0 Å². The van der Waals surface area contributed by atoms with E-state index in [1.165, 1.54) is 0 Å². The molecule has 2 aromatic heterocycles. The van der Waals surface area contributed by atoms with Crippen molar-refractivity contribution in [2.45, 2.75) is 129 Å². The van der Waals surface area contributed by atoms with E-state index in [-0.39, 0.29) is 55.0 Å². The SMILES string of the molecule is COc1ccc(CO[C@H]2CC(C)(C)Cc3nc(C4CCN(c5ncc(C(O)C(C)C)cn5)CC4)c([C@@H](F)c4ccc(C)cc4)c(C4CCC(F)(F)CC4)c32)cc1. The Morgan fingerprint density at radius 2 is 1.52 bits per heavy atom. The van der Waals surface area contributed by atoms with Crippen molar-refractivity contribution in [1.82, 2.24) is 15.0 Å². The van der Waals surface area contributed by atoms with E-state index in [1.54, 1.807) is 19.5 Å². The largest absolute Gasteiger partial charge is 0.497 e. The Hall–Kier alpha value is -4.02. The number of aliphatic hydroxyl groups excluding tert-OH is 1. The van der Waals surface area contributed by atoms with Gasteiger partial charge in [0.2, 0.25) is 11.9 Å². The van der Waals surface area contributed by atoms with E-state index in [0.29, 0.717) is 68.0 Å². The molecule has 7 rings (SSSR count). The molecule has 1 saturated carbocycles. The summed E-state index contributed by atoms with van der Waals surface area (Å²) in [7, 11) is 1.64. The maximum atomic E-state index is 17.8. The minimum atomic E-state index is -2.73. The number of hydrogen-bond donors (Lipinski definition) is 1. The number of hydrogen-bond acceptors (Lipinski definition) is 7. The molecule has 1 aliphatic heterocycles. The summed E-state index contributed by atoms with van der Waals surface area (Å²) in [6.45, 7) is 12.0. The van der Waals surface area contributed by atoms with Crippen LogP contribution in [0.4, 0.5) is 19.1 Å². The minimum Gasteiger partial charge on any atom is -0.497 e. The van der Waals surface area contributed by atoms with Crippen molar-refractivity contribution in [2.75, 3.05) is 25.1 Å². The second kappa shape index (κ2) is 16.5. The molecule has 300 valence electrons. The molecule has 2 fully saturated rings. The summed E-state index contributed by atoms with van der Waals surface area (Å²) < 4.78 is 59.6. The summed E-state index contributed by atoms with van der Waals surface area (Å²) in [4.78, 5) is 16.9. The molecule has 0 spiro atoms. The van der Waals surface area contributed by atoms with Gasteiger partial charge < -0.3 is 19.5 Å². The van der Waals surface area contributed by atoms with Crippen LogP contribution < -0.4 is 9.64 Å². The highest BCUT2D eigenvalue weighted by molar-refractivity contribution is 5.51. The lowest BCUT2D eigenvalue weighted by atomic mass is 9.68. The van der Waals surface area contributed by atoms with Crippen LogP contribution in [0.1, 0.15) is 153 Å². The van der Waals surface area contributed by atoms with Crippen molar-refractivity contribution < 1.29 is 27.8 Å². The van der Waals surface area contributed by atoms with E-state index >= 15 is 4.39 Å². The predicted octanol–water partition coefficient (Wildman–Crippen LogP) is 10.8. The van der Waals surface area contributed by atoms with Gasteiger partial charge in [0, 0.05) is 66.6 Å². The fourth-order valence-corrected chi connectivity index (χ4v) is 9.02. The van der Waals surface area contributed by atoms with Crippen LogP contribution in [0.25, 0.3) is 0 Å². The number of piperidine rings is 1. The summed E-state index contributed by atoms with van der Waals surface area (Å²) in [6.07, 6.45) is 3.84. The Bertz CT molecular complexity index is 1930. The molecule has 0 radical (unpaired) electrons. The summed E-state index contributed by atoms with van der Waals surface area (Å²) in [5.41, 5.74) is 7.10. The van der Waals surface area contributed by atoms with Crippen LogP contribution in [0.5, 0.6) is 5.75 Å². The zero-order valence-corrected chi connectivity index (χ0v) is 33.7. The average Bonchev–Trinajstić information content (AvgIpc) is 3.19. The van der Waals surface area contributed by atoms with Gasteiger partial charge in [0.05, 0.1) is 31.6 Å². The molecule has 0 bridgehead atoms. The number of rotatable bonds is 11. The molecule has 1 saturated heterocycles. The summed E-state index contributed by atoms with van der Waals surface area (Å²) in [6, 6.07) is 15.4. The number of nitrogens with zero attached hydrogens (tertiary/aromatic N) is 4. The molecule has 2 aliphatic carbocycles. The molecule has 3 aliphatic rings. The number of fused-ring (bicyclic) bond motifs is 1. The van der Waals surface area contributed by atoms with E-state index < -0.39 is 18.2 Å². The third-order valence-electron chi connectivity index (χ3n) is 12.3. The zero-order valence-electron chi connectivity index (χ0n) is 33.7. The Kier molecular flexibility index (Phi) is 11.8. The molecule has 3 heterocycles. The maximum absolute atomic E-state index is 17.8. The molecule has 7 nitrogen and oxygen atoms in total. The zero-order chi connectivity index (χ0) is 39.8. The predicted molar refractivity (Wildman–Crippen MR) is 213 cm³/mol. The molecule has 0 amide bonds. The van der Waals surface area contributed by atoms with Crippen LogP contribution >= 0.6 is 0 Å². The van der Waals surface area contributed by atoms with Crippen molar-refractivity contribution in [2.24, 2.45) is 11.3 Å². The molecule has 4 aromatic rings. The number of pyridine rings is 1. The normalized spacial score (nSPS) is 21.1. The van der Waals surface area contributed by atoms with Crippen LogP contribution in [0.3, 0.4) is 0 Å². The van der Waals surface area contributed by atoms with Gasteiger partial charge in [-0.3, -0.25) is 4.98 Å². The minimum absolute atomic E-state index is 0.0497. The fraction of sp³-hybridized carbons (Fsp3) is 0.543. The second-order valence-corrected chi connectivity index (χ2v) is 17.5. The third kappa shape index (κ3) is 8.76. The molecule has 56 heavy (non-hydrogen) atoms. The van der Waals surface area contributed by atoms with Crippen LogP contribution in [-0.4, -0.2) is 46.2 Å². The fourth-order valence-electron chi connectivity index (χ4n) is 9.02. The van der Waals surface area contributed by atoms with Crippen LogP contribution in [0, 0.1) is 18.3 Å². The number of methoxy groups -OCH3 is 1. The van der Waals surface area contributed by atoms with Gasteiger partial charge in [-0.15, -0.1) is 0 Å². The summed E-state index contributed by atoms with van der Waals surface area (Å²) in [5, 5.41) is 10.5. The van der Waals surface area contributed by atoms with Gasteiger partial charge in [-0.05, 0) is 91.5 Å². The first-order valence-corrected chi connectivity index (χ1v) is 20.4. The highest BCUT2D eigenvalue weighted by atomic mass is 19.3. The van der Waals surface area contributed by atoms with Gasteiger partial charge in [0.25, 0.3) is 0 Å². The first-order valence-electron chi connectivity index (χ1n) is 20.4. The molecular formula is C46H57F3N4O3. The van der Waals surface area contributed by atoms with Crippen molar-refractivity contribution in [3.8, 4) is 5.75 Å². The van der Waals surface area contributed by atoms with Crippen molar-refractivity contribution >= 4 is 5.95 Å². The number of halogens is 3. The Morgan fingerprint density at radius 1 is 0.875 bits per heavy atom. The van der Waals surface area contributed by atoms with Gasteiger partial charge >= 0.3 is 0 Å². The van der Waals surface area contributed by atoms with Crippen LogP contribution in [0.2, 0.25) is 0 Å². The van der Waals surface area contributed by atoms with Crippen molar-refractivity contribution in [3.05, 3.63) is 111 Å². The van der Waals surface area contributed by atoms with E-state index in [1.807, 2.05) is 69.3 Å². The second-order valence-electron chi connectivity index (χ2n) is 17.5. The van der Waals surface area contributed by atoms with E-state index in [2.05, 4.69) is 28.7 Å². The van der Waals surface area contributed by atoms with E-state index in [0.717, 1.165) is 39.4 Å². The van der Waals surface area contributed by atoms with Gasteiger partial charge in [-0.25, -0.2) is 23.1 Å². The molecule has 2 aromatic carbocycles. The lowest BCUT2D eigenvalue weighted by molar-refractivity contribution is -0.0390. The number of benzene rings is 2. The first kappa shape index (κ1) is 40.2. The number of aromatic nitrogens is 3. The number of ether oxygens (including phenoxy) is 2. The van der Waals surface area contributed by atoms with Crippen molar-refractivity contribution in [1.29, 1.82) is 0 Å². The molecule has 1 N–H and O–H groups in total. The molecule has 1 unspecified atom stereocenters. The number of alkyl halides is 3. The van der Waals surface area contributed by atoms with E-state index in [4.69, 9.17) is 14.5 Å². The lowest BCUT2D eigenvalue weighted by Crippen LogP contribution is -2.36. The van der Waals surface area contributed by atoms with Gasteiger partial charge in [0.1, 0.15) is 5.75 Å². The quantitative estimate of drug-likeness (QED) is 0.163. The Balaban J connectivity index is 1.31. The topological polar surface area (TPSA) is 80.6 Å². The van der Waals surface area contributed by atoms with Gasteiger partial charge in [0.15, 0.2) is 6.17 Å². The number of aliphatic hydroxyl groups is 1. The van der Waals surface area contributed by atoms with E-state index in [9.17, 15) is 13.9 Å².